The van der Waals surface area contributed by atoms with E-state index in [1.165, 1.54) is 11.3 Å². The number of fused-ring (bicyclic) bond motifs is 1. The van der Waals surface area contributed by atoms with E-state index in [0.717, 1.165) is 16.0 Å². The van der Waals surface area contributed by atoms with Crippen molar-refractivity contribution < 1.29 is 14.3 Å². The molecule has 1 aliphatic rings. The summed E-state index contributed by atoms with van der Waals surface area (Å²) in [5.74, 6) is -0.887. The summed E-state index contributed by atoms with van der Waals surface area (Å²) >= 11 is 13.6. The maximum absolute atomic E-state index is 12.5. The van der Waals surface area contributed by atoms with Crippen LogP contribution < -0.4 is 5.32 Å². The quantitative estimate of drug-likeness (QED) is 0.603. The predicted octanol–water partition coefficient (Wildman–Crippen LogP) is 4.76. The number of halogens is 2. The van der Waals surface area contributed by atoms with Crippen LogP contribution in [0.2, 0.25) is 10.0 Å². The number of nitrogens with one attached hydrogen (secondary N) is 1. The molecular weight excluding hydrogens is 419 g/mol. The molecule has 1 N–H and O–H groups in total. The normalized spacial score (nSPS) is 15.6. The van der Waals surface area contributed by atoms with Crippen molar-refractivity contribution in [2.24, 2.45) is 0 Å². The van der Waals surface area contributed by atoms with Crippen molar-refractivity contribution >= 4 is 51.5 Å². The molecule has 2 aromatic carbocycles. The predicted molar refractivity (Wildman–Crippen MR) is 109 cm³/mol. The number of hydrogen-bond acceptors (Lipinski definition) is 5. The summed E-state index contributed by atoms with van der Waals surface area (Å²) < 4.78 is 5.27. The van der Waals surface area contributed by atoms with Crippen LogP contribution >= 0.6 is 34.5 Å². The Kier molecular flexibility index (Phi) is 5.35. The second kappa shape index (κ2) is 7.91. The minimum absolute atomic E-state index is 0.337. The Morgan fingerprint density at radius 1 is 1.21 bits per heavy atom. The van der Waals surface area contributed by atoms with Crippen LogP contribution in [0.25, 0.3) is 0 Å². The van der Waals surface area contributed by atoms with Gasteiger partial charge in [0.05, 0.1) is 15.6 Å². The molecular formula is C20H14Cl2N2O3S. The summed E-state index contributed by atoms with van der Waals surface area (Å²) in [6.45, 7) is 0. The standard InChI is InChI=1S/C20H14Cl2N2O3S/c21-15-7-3-5-12(17(15)22)8-13-10-23-20(28-13)24-18(25)16-9-11-4-1-2-6-14(11)19(26)27-16/h1-7,10,16H,8-9H2,(H,23,24,25)/t16-/m0/s1. The number of rotatable bonds is 4. The number of esters is 1. The molecule has 0 saturated heterocycles. The Labute approximate surface area is 175 Å². The van der Waals surface area contributed by atoms with Crippen LogP contribution in [0.5, 0.6) is 0 Å². The van der Waals surface area contributed by atoms with Gasteiger partial charge >= 0.3 is 5.97 Å². The Hall–Kier alpha value is -2.41. The Morgan fingerprint density at radius 3 is 2.89 bits per heavy atom. The van der Waals surface area contributed by atoms with Crippen LogP contribution in [0.4, 0.5) is 5.13 Å². The van der Waals surface area contributed by atoms with Crippen LogP contribution in [-0.4, -0.2) is 23.0 Å². The van der Waals surface area contributed by atoms with Crippen LogP contribution in [0.1, 0.15) is 26.4 Å². The van der Waals surface area contributed by atoms with Crippen molar-refractivity contribution in [1.29, 1.82) is 0 Å². The molecule has 0 bridgehead atoms. The van der Waals surface area contributed by atoms with Crippen molar-refractivity contribution in [3.05, 3.63) is 80.3 Å². The SMILES string of the molecule is O=C1O[C@H](C(=O)Nc2ncc(Cc3cccc(Cl)c3Cl)s2)Cc2ccccc21. The van der Waals surface area contributed by atoms with Crippen molar-refractivity contribution in [2.45, 2.75) is 18.9 Å². The van der Waals surface area contributed by atoms with Gasteiger partial charge in [-0.1, -0.05) is 53.5 Å². The summed E-state index contributed by atoms with van der Waals surface area (Å²) in [6, 6.07) is 12.6. The first-order valence-corrected chi connectivity index (χ1v) is 10.1. The highest BCUT2D eigenvalue weighted by Crippen LogP contribution is 2.30. The van der Waals surface area contributed by atoms with Gasteiger partial charge in [0.25, 0.3) is 5.91 Å². The zero-order valence-corrected chi connectivity index (χ0v) is 16.8. The van der Waals surface area contributed by atoms with Crippen molar-refractivity contribution in [2.75, 3.05) is 5.32 Å². The summed E-state index contributed by atoms with van der Waals surface area (Å²) in [5.41, 5.74) is 2.18. The second-order valence-corrected chi connectivity index (χ2v) is 8.17. The fourth-order valence-corrected chi connectivity index (χ4v) is 4.21. The molecule has 0 spiro atoms. The topological polar surface area (TPSA) is 68.3 Å². The third kappa shape index (κ3) is 3.90. The highest BCUT2D eigenvalue weighted by Gasteiger charge is 2.31. The number of ether oxygens (including phenoxy) is 1. The molecule has 0 unspecified atom stereocenters. The van der Waals surface area contributed by atoms with Crippen molar-refractivity contribution in [3.63, 3.8) is 0 Å². The lowest BCUT2D eigenvalue weighted by molar-refractivity contribution is -0.125. The minimum atomic E-state index is -0.878. The van der Waals surface area contributed by atoms with E-state index in [4.69, 9.17) is 27.9 Å². The number of nitrogens with zero attached hydrogens (tertiary/aromatic N) is 1. The van der Waals surface area contributed by atoms with Gasteiger partial charge in [0.1, 0.15) is 0 Å². The van der Waals surface area contributed by atoms with Gasteiger partial charge in [0.15, 0.2) is 11.2 Å². The Morgan fingerprint density at radius 2 is 2.04 bits per heavy atom. The smallest absolute Gasteiger partial charge is 0.339 e. The first-order chi connectivity index (χ1) is 13.5. The number of hydrogen-bond donors (Lipinski definition) is 1. The number of carbonyl (C=O) groups excluding carboxylic acids is 2. The van der Waals surface area contributed by atoms with Crippen molar-refractivity contribution in [3.8, 4) is 0 Å². The molecule has 2 heterocycles. The van der Waals surface area contributed by atoms with Gasteiger partial charge in [-0.2, -0.15) is 0 Å². The second-order valence-electron chi connectivity index (χ2n) is 6.27. The average Bonchev–Trinajstić information content (AvgIpc) is 3.12. The largest absolute Gasteiger partial charge is 0.448 e. The van der Waals surface area contributed by atoms with E-state index < -0.39 is 18.0 Å². The van der Waals surface area contributed by atoms with Gasteiger partial charge in [-0.05, 0) is 23.3 Å². The molecule has 1 atom stereocenters. The number of cyclic esters (lactones) is 1. The summed E-state index contributed by atoms with van der Waals surface area (Å²) in [4.78, 5) is 29.8. The van der Waals surface area contributed by atoms with E-state index in [0.29, 0.717) is 33.6 Å². The Bertz CT molecular complexity index is 1070. The molecule has 28 heavy (non-hydrogen) atoms. The van der Waals surface area contributed by atoms with E-state index in [1.54, 1.807) is 24.4 Å². The fraction of sp³-hybridized carbons (Fsp3) is 0.150. The highest BCUT2D eigenvalue weighted by molar-refractivity contribution is 7.15. The van der Waals surface area contributed by atoms with E-state index in [2.05, 4.69) is 10.3 Å². The highest BCUT2D eigenvalue weighted by atomic mass is 35.5. The van der Waals surface area contributed by atoms with Gasteiger partial charge in [0, 0.05) is 23.9 Å². The lowest BCUT2D eigenvalue weighted by Crippen LogP contribution is -2.37. The maximum atomic E-state index is 12.5. The number of carbonyl (C=O) groups is 2. The van der Waals surface area contributed by atoms with Gasteiger partial charge in [0.2, 0.25) is 0 Å². The first-order valence-electron chi connectivity index (χ1n) is 8.48. The molecule has 1 aromatic heterocycles. The molecule has 3 aromatic rings. The third-order valence-electron chi connectivity index (χ3n) is 4.36. The van der Waals surface area contributed by atoms with E-state index in [-0.39, 0.29) is 0 Å². The van der Waals surface area contributed by atoms with E-state index in [1.807, 2.05) is 24.3 Å². The number of thiazole rings is 1. The van der Waals surface area contributed by atoms with Gasteiger partial charge in [-0.3, -0.25) is 10.1 Å². The van der Waals surface area contributed by atoms with E-state index >= 15 is 0 Å². The molecule has 0 aliphatic carbocycles. The molecule has 1 aliphatic heterocycles. The van der Waals surface area contributed by atoms with Crippen LogP contribution in [0.3, 0.4) is 0 Å². The summed E-state index contributed by atoms with van der Waals surface area (Å²) in [7, 11) is 0. The summed E-state index contributed by atoms with van der Waals surface area (Å²) in [5, 5.41) is 4.17. The molecule has 1 amide bonds. The number of aromatic nitrogens is 1. The molecule has 4 rings (SSSR count). The lowest BCUT2D eigenvalue weighted by atomic mass is 9.98. The first kappa shape index (κ1) is 18.9. The molecule has 0 saturated carbocycles. The van der Waals surface area contributed by atoms with Crippen LogP contribution in [0.15, 0.2) is 48.7 Å². The number of anilines is 1. The maximum Gasteiger partial charge on any atom is 0.339 e. The molecule has 0 fully saturated rings. The Balaban J connectivity index is 1.44. The van der Waals surface area contributed by atoms with E-state index in [9.17, 15) is 9.59 Å². The summed E-state index contributed by atoms with van der Waals surface area (Å²) in [6.07, 6.45) is 1.69. The fourth-order valence-electron chi connectivity index (χ4n) is 2.98. The van der Waals surface area contributed by atoms with Crippen LogP contribution in [-0.2, 0) is 22.4 Å². The van der Waals surface area contributed by atoms with Crippen molar-refractivity contribution in [1.82, 2.24) is 4.98 Å². The third-order valence-corrected chi connectivity index (χ3v) is 6.14. The monoisotopic (exact) mass is 432 g/mol. The number of amides is 1. The van der Waals surface area contributed by atoms with Crippen LogP contribution in [0, 0.1) is 0 Å². The lowest BCUT2D eigenvalue weighted by Gasteiger charge is -2.23. The molecule has 8 heteroatoms. The number of benzene rings is 2. The van der Waals surface area contributed by atoms with Gasteiger partial charge in [-0.25, -0.2) is 9.78 Å². The molecule has 5 nitrogen and oxygen atoms in total. The van der Waals surface area contributed by atoms with Gasteiger partial charge in [-0.15, -0.1) is 11.3 Å². The zero-order valence-electron chi connectivity index (χ0n) is 14.4. The minimum Gasteiger partial charge on any atom is -0.448 e. The molecule has 0 radical (unpaired) electrons. The molecule has 142 valence electrons. The van der Waals surface area contributed by atoms with Gasteiger partial charge < -0.3 is 4.74 Å². The zero-order chi connectivity index (χ0) is 19.7. The average molecular weight is 433 g/mol.